The summed E-state index contributed by atoms with van der Waals surface area (Å²) in [6.45, 7) is 0.0451. The topological polar surface area (TPSA) is 28.3 Å². The molecule has 4 heterocycles. The van der Waals surface area contributed by atoms with E-state index in [9.17, 15) is 0 Å². The Bertz CT molecular complexity index is 3070. The van der Waals surface area contributed by atoms with Gasteiger partial charge < -0.3 is 18.6 Å². The van der Waals surface area contributed by atoms with Crippen molar-refractivity contribution in [2.24, 2.45) is 0 Å². The van der Waals surface area contributed by atoms with Crippen molar-refractivity contribution in [3.8, 4) is 45.5 Å². The van der Waals surface area contributed by atoms with Crippen molar-refractivity contribution in [1.29, 1.82) is 0 Å². The fraction of sp³-hybridized carbons (Fsp3) is 0. The zero-order valence-corrected chi connectivity index (χ0v) is 28.5. The SMILES string of the molecule is c1ccc(-n2c3ccccc3c3cc(-c4ccc5c(c4)c4ccccc4n5-c4cc5c6c(c4)Oc4ccccc4B6c4ccccc4O5)ccc32)cc1. The van der Waals surface area contributed by atoms with Crippen molar-refractivity contribution in [3.63, 3.8) is 0 Å². The Hall–Kier alpha value is -6.98. The van der Waals surface area contributed by atoms with Crippen LogP contribution in [0.2, 0.25) is 0 Å². The summed E-state index contributed by atoms with van der Waals surface area (Å²) in [5.74, 6) is 3.45. The molecular weight excluding hydrogens is 647 g/mol. The minimum absolute atomic E-state index is 0.0451. The summed E-state index contributed by atoms with van der Waals surface area (Å²) in [6.07, 6.45) is 0. The molecule has 2 aliphatic heterocycles. The lowest BCUT2D eigenvalue weighted by atomic mass is 9.35. The van der Waals surface area contributed by atoms with Crippen molar-refractivity contribution in [2.45, 2.75) is 0 Å². The lowest BCUT2D eigenvalue weighted by Gasteiger charge is -2.33. The first-order valence-corrected chi connectivity index (χ1v) is 18.1. The molecule has 0 saturated carbocycles. The first-order valence-electron chi connectivity index (χ1n) is 18.1. The van der Waals surface area contributed by atoms with Crippen LogP contribution in [0.15, 0.2) is 176 Å². The van der Waals surface area contributed by atoms with Crippen LogP contribution in [-0.4, -0.2) is 15.8 Å². The Balaban J connectivity index is 1.04. The Morgan fingerprint density at radius 2 is 0.792 bits per heavy atom. The quantitative estimate of drug-likeness (QED) is 0.174. The first kappa shape index (κ1) is 28.7. The molecule has 246 valence electrons. The molecule has 12 rings (SSSR count). The number of rotatable bonds is 3. The van der Waals surface area contributed by atoms with E-state index in [1.165, 1.54) is 43.7 Å². The van der Waals surface area contributed by atoms with Crippen LogP contribution in [0.3, 0.4) is 0 Å². The summed E-state index contributed by atoms with van der Waals surface area (Å²) in [7, 11) is 0. The van der Waals surface area contributed by atoms with Crippen LogP contribution in [0, 0.1) is 0 Å². The average Bonchev–Trinajstić information content (AvgIpc) is 3.73. The molecular formula is C48H29BN2O2. The number of fused-ring (bicyclic) bond motifs is 10. The Morgan fingerprint density at radius 1 is 0.340 bits per heavy atom. The molecule has 2 aromatic heterocycles. The molecule has 0 atom stereocenters. The third kappa shape index (κ3) is 4.07. The zero-order chi connectivity index (χ0) is 34.6. The predicted molar refractivity (Wildman–Crippen MR) is 218 cm³/mol. The van der Waals surface area contributed by atoms with E-state index in [1.807, 2.05) is 12.1 Å². The molecule has 0 aliphatic carbocycles. The molecule has 2 aliphatic rings. The molecule has 0 unspecified atom stereocenters. The van der Waals surface area contributed by atoms with Gasteiger partial charge in [0.25, 0.3) is 6.71 Å². The third-order valence-electron chi connectivity index (χ3n) is 11.2. The van der Waals surface area contributed by atoms with Crippen molar-refractivity contribution >= 4 is 66.7 Å². The average molecular weight is 677 g/mol. The molecule has 0 spiro atoms. The number of para-hydroxylation sites is 5. The van der Waals surface area contributed by atoms with E-state index in [4.69, 9.17) is 9.47 Å². The molecule has 0 saturated heterocycles. The van der Waals surface area contributed by atoms with E-state index in [2.05, 4.69) is 173 Å². The van der Waals surface area contributed by atoms with Gasteiger partial charge in [-0.05, 0) is 82.7 Å². The highest BCUT2D eigenvalue weighted by atomic mass is 16.5. The largest absolute Gasteiger partial charge is 0.458 e. The van der Waals surface area contributed by atoms with E-state index in [0.717, 1.165) is 61.8 Å². The molecule has 0 N–H and O–H groups in total. The molecule has 0 fully saturated rings. The van der Waals surface area contributed by atoms with Gasteiger partial charge in [0.05, 0.1) is 27.8 Å². The van der Waals surface area contributed by atoms with Gasteiger partial charge in [0.2, 0.25) is 0 Å². The maximum absolute atomic E-state index is 6.68. The highest BCUT2D eigenvalue weighted by Crippen LogP contribution is 2.41. The van der Waals surface area contributed by atoms with E-state index in [0.29, 0.717) is 0 Å². The second-order valence-electron chi connectivity index (χ2n) is 14.1. The normalized spacial score (nSPS) is 12.8. The first-order chi connectivity index (χ1) is 26.3. The Labute approximate surface area is 305 Å². The third-order valence-corrected chi connectivity index (χ3v) is 11.2. The predicted octanol–water partition coefficient (Wildman–Crippen LogP) is 10.3. The number of hydrogen-bond acceptors (Lipinski definition) is 2. The zero-order valence-electron chi connectivity index (χ0n) is 28.5. The highest BCUT2D eigenvalue weighted by molar-refractivity contribution is 6.98. The summed E-state index contributed by atoms with van der Waals surface area (Å²) < 4.78 is 18.1. The number of hydrogen-bond donors (Lipinski definition) is 0. The van der Waals surface area contributed by atoms with E-state index in [1.54, 1.807) is 0 Å². The number of benzene rings is 8. The minimum Gasteiger partial charge on any atom is -0.458 e. The maximum Gasteiger partial charge on any atom is 0.260 e. The second kappa shape index (κ2) is 10.8. The van der Waals surface area contributed by atoms with Gasteiger partial charge in [0.15, 0.2) is 0 Å². The molecule has 5 heteroatoms. The smallest absolute Gasteiger partial charge is 0.260 e. The molecule has 8 aromatic carbocycles. The fourth-order valence-electron chi connectivity index (χ4n) is 8.95. The molecule has 0 bridgehead atoms. The van der Waals surface area contributed by atoms with Crippen LogP contribution in [0.25, 0.3) is 66.1 Å². The lowest BCUT2D eigenvalue weighted by Crippen LogP contribution is -2.57. The van der Waals surface area contributed by atoms with Crippen LogP contribution in [0.4, 0.5) is 0 Å². The van der Waals surface area contributed by atoms with Gasteiger partial charge in [-0.25, -0.2) is 0 Å². The van der Waals surface area contributed by atoms with Crippen molar-refractivity contribution in [2.75, 3.05) is 0 Å². The summed E-state index contributed by atoms with van der Waals surface area (Å²) in [4.78, 5) is 0. The summed E-state index contributed by atoms with van der Waals surface area (Å²) in [5, 5.41) is 4.90. The standard InChI is InChI=1S/C48H29BN2O2/c1-2-12-32(13-3-1)50-40-18-8-4-14-34(40)36-26-30(22-24-42(36)50)31-23-25-43-37(27-31)35-15-5-9-19-41(35)51(43)33-28-46-48-47(29-33)53-45-21-11-7-17-39(45)49(48)38-16-6-10-20-44(38)52-46/h1-29H. The number of nitrogens with zero attached hydrogens (tertiary/aromatic N) is 2. The van der Waals surface area contributed by atoms with Crippen LogP contribution in [0.1, 0.15) is 0 Å². The van der Waals surface area contributed by atoms with Gasteiger partial charge >= 0.3 is 0 Å². The molecule has 0 radical (unpaired) electrons. The van der Waals surface area contributed by atoms with Crippen LogP contribution < -0.4 is 25.9 Å². The van der Waals surface area contributed by atoms with Gasteiger partial charge in [-0.15, -0.1) is 0 Å². The van der Waals surface area contributed by atoms with Gasteiger partial charge in [-0.3, -0.25) is 0 Å². The molecule has 10 aromatic rings. The van der Waals surface area contributed by atoms with Crippen LogP contribution >= 0.6 is 0 Å². The van der Waals surface area contributed by atoms with Crippen LogP contribution in [0.5, 0.6) is 23.0 Å². The summed E-state index contributed by atoms with van der Waals surface area (Å²) in [5.41, 5.74) is 12.6. The summed E-state index contributed by atoms with van der Waals surface area (Å²) >= 11 is 0. The van der Waals surface area contributed by atoms with E-state index in [-0.39, 0.29) is 6.71 Å². The van der Waals surface area contributed by atoms with E-state index < -0.39 is 0 Å². The van der Waals surface area contributed by atoms with Gasteiger partial charge in [-0.1, -0.05) is 103 Å². The number of ether oxygens (including phenoxy) is 2. The van der Waals surface area contributed by atoms with Crippen molar-refractivity contribution in [1.82, 2.24) is 9.13 Å². The van der Waals surface area contributed by atoms with Crippen molar-refractivity contribution < 1.29 is 9.47 Å². The second-order valence-corrected chi connectivity index (χ2v) is 14.1. The van der Waals surface area contributed by atoms with Gasteiger partial charge in [-0.2, -0.15) is 0 Å². The molecule has 0 amide bonds. The van der Waals surface area contributed by atoms with E-state index >= 15 is 0 Å². The Morgan fingerprint density at radius 3 is 1.36 bits per heavy atom. The highest BCUT2D eigenvalue weighted by Gasteiger charge is 2.40. The van der Waals surface area contributed by atoms with Gasteiger partial charge in [0.1, 0.15) is 23.0 Å². The minimum atomic E-state index is 0.0451. The lowest BCUT2D eigenvalue weighted by molar-refractivity contribution is 0.464. The fourth-order valence-corrected chi connectivity index (χ4v) is 8.95. The maximum atomic E-state index is 6.68. The van der Waals surface area contributed by atoms with Crippen LogP contribution in [-0.2, 0) is 0 Å². The van der Waals surface area contributed by atoms with Gasteiger partial charge in [0, 0.05) is 44.8 Å². The number of aromatic nitrogens is 2. The Kier molecular flexibility index (Phi) is 5.83. The molecule has 4 nitrogen and oxygen atoms in total. The summed E-state index contributed by atoms with van der Waals surface area (Å²) in [6, 6.07) is 62.9. The monoisotopic (exact) mass is 676 g/mol. The molecule has 53 heavy (non-hydrogen) atoms. The van der Waals surface area contributed by atoms with Crippen molar-refractivity contribution in [3.05, 3.63) is 176 Å².